The molecule has 5 nitrogen and oxygen atoms in total. The first-order valence-corrected chi connectivity index (χ1v) is 10.7. The Bertz CT molecular complexity index is 612. The smallest absolute Gasteiger partial charge is 0.305 e. The molecule has 2 aliphatic rings. The number of amides is 1. The number of esters is 1. The molecule has 1 saturated heterocycles. The van der Waals surface area contributed by atoms with Gasteiger partial charge in [-0.25, -0.2) is 0 Å². The van der Waals surface area contributed by atoms with Gasteiger partial charge in [-0.2, -0.15) is 0 Å². The molecule has 0 spiro atoms. The zero-order valence-corrected chi connectivity index (χ0v) is 17.4. The number of aliphatic hydroxyl groups excluding tert-OH is 1. The van der Waals surface area contributed by atoms with Crippen LogP contribution < -0.4 is 0 Å². The fourth-order valence-corrected chi connectivity index (χ4v) is 3.79. The minimum Gasteiger partial charge on any atom is -0.469 e. The highest BCUT2D eigenvalue weighted by atomic mass is 16.5. The molecule has 1 N–H and O–H groups in total. The summed E-state index contributed by atoms with van der Waals surface area (Å²) in [5.41, 5.74) is -0.0637. The molecule has 156 valence electrons. The Balaban J connectivity index is 1.75. The Labute approximate surface area is 169 Å². The van der Waals surface area contributed by atoms with Crippen molar-refractivity contribution in [1.29, 1.82) is 0 Å². The van der Waals surface area contributed by atoms with Gasteiger partial charge in [0.2, 0.25) is 5.91 Å². The van der Waals surface area contributed by atoms with Gasteiger partial charge >= 0.3 is 5.97 Å². The lowest BCUT2D eigenvalue weighted by Gasteiger charge is -2.23. The molecule has 1 heterocycles. The first-order valence-electron chi connectivity index (χ1n) is 10.7. The van der Waals surface area contributed by atoms with Crippen LogP contribution in [0.1, 0.15) is 77.6 Å². The van der Waals surface area contributed by atoms with Gasteiger partial charge in [0, 0.05) is 37.6 Å². The van der Waals surface area contributed by atoms with Crippen LogP contribution in [0, 0.1) is 17.3 Å². The molecule has 1 amide bonds. The number of hydrogen-bond acceptors (Lipinski definition) is 4. The molecule has 0 aromatic rings. The maximum Gasteiger partial charge on any atom is 0.305 e. The van der Waals surface area contributed by atoms with Crippen LogP contribution in [-0.4, -0.2) is 47.7 Å². The molecule has 2 atom stereocenters. The number of rotatable bonds is 11. The maximum atomic E-state index is 12.2. The number of hydrogen-bond donors (Lipinski definition) is 1. The molecule has 2 fully saturated rings. The summed E-state index contributed by atoms with van der Waals surface area (Å²) in [6.07, 6.45) is 12.7. The molecule has 2 unspecified atom stereocenters. The van der Waals surface area contributed by atoms with Crippen molar-refractivity contribution in [2.24, 2.45) is 5.41 Å². The van der Waals surface area contributed by atoms with Crippen LogP contribution in [0.5, 0.6) is 0 Å². The van der Waals surface area contributed by atoms with E-state index in [4.69, 9.17) is 0 Å². The minimum atomic E-state index is -0.477. The van der Waals surface area contributed by atoms with Crippen LogP contribution in [0.15, 0.2) is 12.2 Å². The summed E-state index contributed by atoms with van der Waals surface area (Å²) < 4.78 is 4.64. The second-order valence-corrected chi connectivity index (χ2v) is 8.01. The molecule has 0 aromatic heterocycles. The van der Waals surface area contributed by atoms with E-state index in [1.54, 1.807) is 0 Å². The third-order valence-corrected chi connectivity index (χ3v) is 5.91. The molecular formula is C23H35NO4. The van der Waals surface area contributed by atoms with Crippen LogP contribution in [0.25, 0.3) is 0 Å². The number of carbonyl (C=O) groups excluding carboxylic acids is 2. The van der Waals surface area contributed by atoms with E-state index < -0.39 is 6.10 Å². The van der Waals surface area contributed by atoms with Gasteiger partial charge in [-0.05, 0) is 32.1 Å². The number of carbonyl (C=O) groups is 2. The van der Waals surface area contributed by atoms with Gasteiger partial charge in [-0.15, -0.1) is 11.8 Å². The lowest BCUT2D eigenvalue weighted by molar-refractivity contribution is -0.140. The summed E-state index contributed by atoms with van der Waals surface area (Å²) in [5, 5.41) is 10.6. The van der Waals surface area contributed by atoms with Crippen molar-refractivity contribution in [3.63, 3.8) is 0 Å². The first-order chi connectivity index (χ1) is 13.5. The summed E-state index contributed by atoms with van der Waals surface area (Å²) in [7, 11) is 1.41. The Hall–Kier alpha value is -1.80. The van der Waals surface area contributed by atoms with Crippen LogP contribution in [-0.2, 0) is 14.3 Å². The first kappa shape index (κ1) is 22.5. The largest absolute Gasteiger partial charge is 0.469 e. The highest BCUT2D eigenvalue weighted by Crippen LogP contribution is 2.52. The molecule has 1 saturated carbocycles. The third-order valence-electron chi connectivity index (χ3n) is 5.91. The summed E-state index contributed by atoms with van der Waals surface area (Å²) >= 11 is 0. The number of unbranched alkanes of at least 4 members (excludes halogenated alkanes) is 3. The van der Waals surface area contributed by atoms with E-state index >= 15 is 0 Å². The monoisotopic (exact) mass is 389 g/mol. The van der Waals surface area contributed by atoms with Crippen LogP contribution >= 0.6 is 0 Å². The molecule has 0 bridgehead atoms. The summed E-state index contributed by atoms with van der Waals surface area (Å²) in [4.78, 5) is 25.3. The quantitative estimate of drug-likeness (QED) is 0.254. The van der Waals surface area contributed by atoms with Crippen LogP contribution in [0.2, 0.25) is 0 Å². The van der Waals surface area contributed by atoms with E-state index in [0.717, 1.165) is 64.3 Å². The van der Waals surface area contributed by atoms with Gasteiger partial charge < -0.3 is 14.7 Å². The average molecular weight is 390 g/mol. The second-order valence-electron chi connectivity index (χ2n) is 8.01. The molecule has 0 aromatic carbocycles. The van der Waals surface area contributed by atoms with Gasteiger partial charge in [0.25, 0.3) is 0 Å². The van der Waals surface area contributed by atoms with Gasteiger partial charge in [0.1, 0.15) is 0 Å². The molecular weight excluding hydrogens is 354 g/mol. The lowest BCUT2D eigenvalue weighted by Crippen LogP contribution is -2.33. The van der Waals surface area contributed by atoms with Crippen molar-refractivity contribution < 1.29 is 19.4 Å². The maximum absolute atomic E-state index is 12.2. The van der Waals surface area contributed by atoms with E-state index in [0.29, 0.717) is 12.8 Å². The SMILES string of the molecule is CCC#CCC1(C(O)C=CC2CCC(=O)N2CCCCCCC(=O)OC)CC1. The summed E-state index contributed by atoms with van der Waals surface area (Å²) in [5.74, 6) is 6.32. The van der Waals surface area contributed by atoms with Crippen molar-refractivity contribution in [1.82, 2.24) is 4.90 Å². The van der Waals surface area contributed by atoms with Crippen molar-refractivity contribution in [3.05, 3.63) is 12.2 Å². The van der Waals surface area contributed by atoms with E-state index in [2.05, 4.69) is 16.6 Å². The predicted octanol–water partition coefficient (Wildman–Crippen LogP) is 3.60. The zero-order valence-electron chi connectivity index (χ0n) is 17.4. The number of aliphatic hydroxyl groups is 1. The summed E-state index contributed by atoms with van der Waals surface area (Å²) in [6, 6.07) is 0.0924. The molecule has 1 aliphatic heterocycles. The average Bonchev–Trinajstić information content (AvgIpc) is 3.41. The third kappa shape index (κ3) is 6.67. The molecule has 5 heteroatoms. The minimum absolute atomic E-state index is 0.0637. The highest BCUT2D eigenvalue weighted by Gasteiger charge is 2.47. The van der Waals surface area contributed by atoms with Crippen LogP contribution in [0.4, 0.5) is 0 Å². The van der Waals surface area contributed by atoms with E-state index in [1.807, 2.05) is 24.0 Å². The Morgan fingerprint density at radius 3 is 2.75 bits per heavy atom. The number of nitrogens with zero attached hydrogens (tertiary/aromatic N) is 1. The molecule has 28 heavy (non-hydrogen) atoms. The Morgan fingerprint density at radius 1 is 1.32 bits per heavy atom. The highest BCUT2D eigenvalue weighted by molar-refractivity contribution is 5.79. The van der Waals surface area contributed by atoms with Gasteiger partial charge in [-0.3, -0.25) is 9.59 Å². The van der Waals surface area contributed by atoms with E-state index in [1.165, 1.54) is 7.11 Å². The summed E-state index contributed by atoms with van der Waals surface area (Å²) in [6.45, 7) is 2.78. The molecule has 0 radical (unpaired) electrons. The predicted molar refractivity (Wildman–Crippen MR) is 109 cm³/mol. The Morgan fingerprint density at radius 2 is 2.07 bits per heavy atom. The number of ether oxygens (including phenoxy) is 1. The van der Waals surface area contributed by atoms with Gasteiger partial charge in [0.15, 0.2) is 0 Å². The zero-order chi connectivity index (χ0) is 20.4. The van der Waals surface area contributed by atoms with E-state index in [9.17, 15) is 14.7 Å². The number of likely N-dealkylation sites (tertiary alicyclic amines) is 1. The fourth-order valence-electron chi connectivity index (χ4n) is 3.79. The van der Waals surface area contributed by atoms with Crippen molar-refractivity contribution >= 4 is 11.9 Å². The molecule has 1 aliphatic carbocycles. The standard InChI is InChI=1S/C23H35NO4/c1-3-4-8-15-23(16-17-23)20(25)13-11-19-12-14-21(26)24(19)18-9-6-5-7-10-22(27)28-2/h11,13,19-20,25H,3,5-7,9-10,12,14-18H2,1-2H3. The topological polar surface area (TPSA) is 66.8 Å². The van der Waals surface area contributed by atoms with Gasteiger partial charge in [-0.1, -0.05) is 31.9 Å². The van der Waals surface area contributed by atoms with Crippen molar-refractivity contribution in [2.75, 3.05) is 13.7 Å². The van der Waals surface area contributed by atoms with Crippen LogP contribution in [0.3, 0.4) is 0 Å². The lowest BCUT2D eigenvalue weighted by atomic mass is 9.94. The second kappa shape index (κ2) is 11.3. The fraction of sp³-hybridized carbons (Fsp3) is 0.739. The van der Waals surface area contributed by atoms with Gasteiger partial charge in [0.05, 0.1) is 19.3 Å². The molecule has 2 rings (SSSR count). The van der Waals surface area contributed by atoms with Crippen molar-refractivity contribution in [2.45, 2.75) is 89.7 Å². The Kier molecular flexibility index (Phi) is 9.05. The number of methoxy groups -OCH3 is 1. The van der Waals surface area contributed by atoms with E-state index in [-0.39, 0.29) is 23.3 Å². The normalized spacial score (nSPS) is 21.5. The van der Waals surface area contributed by atoms with Crippen molar-refractivity contribution in [3.8, 4) is 11.8 Å².